The summed E-state index contributed by atoms with van der Waals surface area (Å²) in [6.45, 7) is 7.70. The summed E-state index contributed by atoms with van der Waals surface area (Å²) in [6.07, 6.45) is 49.0. The second-order valence-corrected chi connectivity index (χ2v) is 20.3. The molecule has 0 aromatic rings. The van der Waals surface area contributed by atoms with Crippen molar-refractivity contribution in [3.8, 4) is 0 Å². The molecule has 9 aliphatic carbocycles. The van der Waals surface area contributed by atoms with Gasteiger partial charge in [-0.25, -0.2) is 0 Å². The van der Waals surface area contributed by atoms with Crippen molar-refractivity contribution in [3.63, 3.8) is 0 Å². The van der Waals surface area contributed by atoms with Crippen LogP contribution in [0.2, 0.25) is 0 Å². The molecule has 280 valence electrons. The second kappa shape index (κ2) is 15.0. The van der Waals surface area contributed by atoms with Crippen LogP contribution < -0.4 is 0 Å². The zero-order valence-corrected chi connectivity index (χ0v) is 33.4. The monoisotopic (exact) mass is 683 g/mol. The van der Waals surface area contributed by atoms with Crippen molar-refractivity contribution in [2.24, 2.45) is 75.4 Å². The number of ether oxygens (including phenoxy) is 1. The van der Waals surface area contributed by atoms with Gasteiger partial charge in [0.05, 0.1) is 7.11 Å². The SMILES string of the molecule is CCCCCCCCCCCCC1C=CC(CCCC2CC34CCC2(CC)C2CC5=C(OC)C=CC6CC(CC23C56)C4C(C)CC2CC2)CC1. The molecule has 1 nitrogen and oxygen atoms in total. The van der Waals surface area contributed by atoms with Crippen LogP contribution in [0.1, 0.15) is 188 Å². The Balaban J connectivity index is 0.899. The van der Waals surface area contributed by atoms with E-state index in [9.17, 15) is 0 Å². The molecular weight excluding hydrogens is 605 g/mol. The van der Waals surface area contributed by atoms with Crippen LogP contribution in [0, 0.1) is 75.4 Å². The van der Waals surface area contributed by atoms with E-state index in [1.807, 2.05) is 7.11 Å². The van der Waals surface area contributed by atoms with E-state index in [-0.39, 0.29) is 0 Å². The molecule has 0 saturated heterocycles. The molecule has 7 saturated carbocycles. The van der Waals surface area contributed by atoms with Gasteiger partial charge in [-0.1, -0.05) is 122 Å². The van der Waals surface area contributed by atoms with Gasteiger partial charge in [-0.05, 0) is 171 Å². The number of methoxy groups -OCH3 is 1. The Morgan fingerprint density at radius 2 is 1.48 bits per heavy atom. The topological polar surface area (TPSA) is 9.23 Å². The van der Waals surface area contributed by atoms with E-state index < -0.39 is 0 Å². The standard InChI is InChI=1S/C49H78O/c1-5-7-8-9-10-11-12-13-14-15-17-36-20-22-37(23-21-36)18-16-19-41-34-48-29-28-47(41,6-2)44-32-42-43(50-4)27-26-39-31-40(33-49(44,48)46(39)42)45(48)35(3)30-38-24-25-38/h20,22,26-27,35-41,44-46H,5-19,21,23-25,28-34H2,1-4H3. The molecule has 0 aliphatic heterocycles. The Kier molecular flexibility index (Phi) is 10.8. The Bertz CT molecular complexity index is 1250. The highest BCUT2D eigenvalue weighted by Crippen LogP contribution is 2.88. The van der Waals surface area contributed by atoms with Crippen LogP contribution in [0.25, 0.3) is 0 Å². The van der Waals surface area contributed by atoms with Crippen molar-refractivity contribution in [2.75, 3.05) is 7.11 Å². The average Bonchev–Trinajstić information content (AvgIpc) is 3.81. The van der Waals surface area contributed by atoms with Crippen molar-refractivity contribution >= 4 is 0 Å². The van der Waals surface area contributed by atoms with E-state index >= 15 is 0 Å². The highest BCUT2D eigenvalue weighted by Gasteiger charge is 2.82. The average molecular weight is 683 g/mol. The van der Waals surface area contributed by atoms with Gasteiger partial charge in [0.1, 0.15) is 5.76 Å². The van der Waals surface area contributed by atoms with Crippen LogP contribution >= 0.6 is 0 Å². The minimum atomic E-state index is 0.576. The first-order valence-electron chi connectivity index (χ1n) is 23.1. The number of allylic oxidation sites excluding steroid dienone is 5. The predicted octanol–water partition coefficient (Wildman–Crippen LogP) is 14.4. The lowest BCUT2D eigenvalue weighted by Crippen LogP contribution is -2.65. The van der Waals surface area contributed by atoms with Crippen LogP contribution in [0.15, 0.2) is 35.6 Å². The van der Waals surface area contributed by atoms with Gasteiger partial charge in [-0.2, -0.15) is 0 Å². The predicted molar refractivity (Wildman–Crippen MR) is 212 cm³/mol. The largest absolute Gasteiger partial charge is 0.497 e. The molecule has 9 rings (SSSR count). The van der Waals surface area contributed by atoms with Crippen LogP contribution in [-0.2, 0) is 4.74 Å². The summed E-state index contributed by atoms with van der Waals surface area (Å²) in [7, 11) is 1.97. The molecule has 0 radical (unpaired) electrons. The molecule has 2 spiro atoms. The zero-order chi connectivity index (χ0) is 34.3. The van der Waals surface area contributed by atoms with Gasteiger partial charge in [-0.15, -0.1) is 0 Å². The van der Waals surface area contributed by atoms with Crippen LogP contribution in [0.4, 0.5) is 0 Å². The summed E-state index contributed by atoms with van der Waals surface area (Å²) in [5, 5.41) is 0. The lowest BCUT2D eigenvalue weighted by atomic mass is 9.33. The van der Waals surface area contributed by atoms with Gasteiger partial charge < -0.3 is 4.74 Å². The molecule has 0 aromatic heterocycles. The lowest BCUT2D eigenvalue weighted by Gasteiger charge is -2.71. The lowest BCUT2D eigenvalue weighted by molar-refractivity contribution is -0.230. The summed E-state index contributed by atoms with van der Waals surface area (Å²) < 4.78 is 6.22. The number of rotatable bonds is 20. The van der Waals surface area contributed by atoms with E-state index in [4.69, 9.17) is 4.74 Å². The Morgan fingerprint density at radius 1 is 0.780 bits per heavy atom. The van der Waals surface area contributed by atoms with E-state index in [2.05, 4.69) is 45.1 Å². The third-order valence-electron chi connectivity index (χ3n) is 18.1. The first-order chi connectivity index (χ1) is 24.5. The molecule has 0 N–H and O–H groups in total. The molecule has 12 atom stereocenters. The van der Waals surface area contributed by atoms with Crippen LogP contribution in [0.3, 0.4) is 0 Å². The zero-order valence-electron chi connectivity index (χ0n) is 33.4. The van der Waals surface area contributed by atoms with Gasteiger partial charge >= 0.3 is 0 Å². The van der Waals surface area contributed by atoms with E-state index in [1.54, 1.807) is 37.7 Å². The fraction of sp³-hybridized carbons (Fsp3) is 0.878. The maximum atomic E-state index is 6.22. The summed E-state index contributed by atoms with van der Waals surface area (Å²) in [6, 6.07) is 0. The minimum absolute atomic E-state index is 0.576. The fourth-order valence-electron chi connectivity index (χ4n) is 16.2. The molecule has 9 aliphatic rings. The highest BCUT2D eigenvalue weighted by molar-refractivity contribution is 5.43. The van der Waals surface area contributed by atoms with Gasteiger partial charge in [0.15, 0.2) is 0 Å². The maximum Gasteiger partial charge on any atom is 0.118 e. The Morgan fingerprint density at radius 3 is 2.14 bits per heavy atom. The molecule has 12 unspecified atom stereocenters. The smallest absolute Gasteiger partial charge is 0.118 e. The molecule has 0 heterocycles. The summed E-state index contributed by atoms with van der Waals surface area (Å²) in [5.74, 6) is 10.5. The number of hydrogen-bond acceptors (Lipinski definition) is 1. The normalized spacial score (nSPS) is 42.7. The first-order valence-corrected chi connectivity index (χ1v) is 23.1. The van der Waals surface area contributed by atoms with E-state index in [1.165, 1.54) is 141 Å². The molecule has 7 fully saturated rings. The van der Waals surface area contributed by atoms with Crippen molar-refractivity contribution in [1.29, 1.82) is 0 Å². The molecule has 0 aromatic carbocycles. The third-order valence-corrected chi connectivity index (χ3v) is 18.1. The van der Waals surface area contributed by atoms with Gasteiger partial charge in [-0.3, -0.25) is 0 Å². The first kappa shape index (κ1) is 36.0. The van der Waals surface area contributed by atoms with E-state index in [0.29, 0.717) is 16.2 Å². The van der Waals surface area contributed by atoms with Crippen molar-refractivity contribution < 1.29 is 4.74 Å². The molecular formula is C49H78O. The fourth-order valence-corrected chi connectivity index (χ4v) is 16.2. The molecule has 4 bridgehead atoms. The molecule has 0 amide bonds. The van der Waals surface area contributed by atoms with Crippen LogP contribution in [-0.4, -0.2) is 7.11 Å². The van der Waals surface area contributed by atoms with Crippen LogP contribution in [0.5, 0.6) is 0 Å². The third kappa shape index (κ3) is 6.08. The van der Waals surface area contributed by atoms with Gasteiger partial charge in [0.2, 0.25) is 0 Å². The quantitative estimate of drug-likeness (QED) is 0.0917. The van der Waals surface area contributed by atoms with Gasteiger partial charge in [0, 0.05) is 0 Å². The Hall–Kier alpha value is -0.980. The van der Waals surface area contributed by atoms with Gasteiger partial charge in [0.25, 0.3) is 0 Å². The molecule has 1 heteroatoms. The second-order valence-electron chi connectivity index (χ2n) is 20.3. The highest BCUT2D eigenvalue weighted by atomic mass is 16.5. The summed E-state index contributed by atoms with van der Waals surface area (Å²) in [5.41, 5.74) is 3.56. The summed E-state index contributed by atoms with van der Waals surface area (Å²) in [4.78, 5) is 0. The number of unbranched alkanes of at least 4 members (excludes halogenated alkanes) is 9. The van der Waals surface area contributed by atoms with Crippen molar-refractivity contribution in [3.05, 3.63) is 35.6 Å². The maximum absolute atomic E-state index is 6.22. The minimum Gasteiger partial charge on any atom is -0.497 e. The number of hydrogen-bond donors (Lipinski definition) is 0. The molecule has 50 heavy (non-hydrogen) atoms. The van der Waals surface area contributed by atoms with E-state index in [0.717, 1.165) is 59.2 Å². The number of fused-ring (bicyclic) bond motifs is 3. The van der Waals surface area contributed by atoms with Crippen molar-refractivity contribution in [1.82, 2.24) is 0 Å². The Labute approximate surface area is 309 Å². The van der Waals surface area contributed by atoms with Crippen molar-refractivity contribution in [2.45, 2.75) is 188 Å². The summed E-state index contributed by atoms with van der Waals surface area (Å²) >= 11 is 0.